The average Bonchev–Trinajstić information content (AvgIpc) is 3.58. The molecule has 4 heterocycles. The van der Waals surface area contributed by atoms with Crippen molar-refractivity contribution in [1.29, 1.82) is 5.26 Å². The highest BCUT2D eigenvalue weighted by Crippen LogP contribution is 2.35. The van der Waals surface area contributed by atoms with Crippen LogP contribution in [0.25, 0.3) is 28.3 Å². The van der Waals surface area contributed by atoms with Gasteiger partial charge in [0.25, 0.3) is 0 Å². The van der Waals surface area contributed by atoms with Crippen LogP contribution in [0.3, 0.4) is 0 Å². The van der Waals surface area contributed by atoms with Crippen LogP contribution in [0.1, 0.15) is 17.5 Å². The Hall–Kier alpha value is -3.89. The van der Waals surface area contributed by atoms with E-state index in [-0.39, 0.29) is 0 Å². The third-order valence-electron chi connectivity index (χ3n) is 6.80. The summed E-state index contributed by atoms with van der Waals surface area (Å²) in [5, 5.41) is 17.0. The number of anilines is 1. The van der Waals surface area contributed by atoms with E-state index < -0.39 is 0 Å². The Labute approximate surface area is 192 Å². The third kappa shape index (κ3) is 3.40. The fraction of sp³-hybridized carbons (Fsp3) is 0.269. The maximum Gasteiger partial charge on any atom is 0.179 e. The molecule has 4 aromatic rings. The highest BCUT2D eigenvalue weighted by atomic mass is 15.4. The van der Waals surface area contributed by atoms with Crippen molar-refractivity contribution in [2.24, 2.45) is 5.92 Å². The van der Waals surface area contributed by atoms with E-state index in [0.29, 0.717) is 11.5 Å². The molecule has 0 aliphatic carbocycles. The van der Waals surface area contributed by atoms with Crippen molar-refractivity contribution in [3.05, 3.63) is 72.2 Å². The lowest BCUT2D eigenvalue weighted by Crippen LogP contribution is -2.24. The molecule has 0 bridgehead atoms. The summed E-state index contributed by atoms with van der Waals surface area (Å²) in [6, 6.07) is 18.8. The van der Waals surface area contributed by atoms with Gasteiger partial charge in [-0.3, -0.25) is 0 Å². The molecule has 164 valence electrons. The molecule has 1 N–H and O–H groups in total. The third-order valence-corrected chi connectivity index (χ3v) is 6.80. The monoisotopic (exact) mass is 435 g/mol. The predicted octanol–water partition coefficient (Wildman–Crippen LogP) is 3.68. The van der Waals surface area contributed by atoms with Gasteiger partial charge in [0.05, 0.1) is 23.0 Å². The lowest BCUT2D eigenvalue weighted by Gasteiger charge is -2.21. The Balaban J connectivity index is 1.39. The zero-order valence-corrected chi connectivity index (χ0v) is 18.6. The first kappa shape index (κ1) is 19.8. The minimum absolute atomic E-state index is 0.666. The highest BCUT2D eigenvalue weighted by Gasteiger charge is 2.25. The Morgan fingerprint density at radius 2 is 2.00 bits per heavy atom. The summed E-state index contributed by atoms with van der Waals surface area (Å²) in [5.41, 5.74) is 7.50. The molecule has 0 radical (unpaired) electrons. The first-order valence-electron chi connectivity index (χ1n) is 11.4. The molecule has 0 spiro atoms. The molecule has 2 aliphatic heterocycles. The van der Waals surface area contributed by atoms with Crippen molar-refractivity contribution in [1.82, 2.24) is 24.6 Å². The Morgan fingerprint density at radius 3 is 2.82 bits per heavy atom. The van der Waals surface area contributed by atoms with Crippen LogP contribution in [0.15, 0.2) is 61.1 Å². The second-order valence-electron chi connectivity index (χ2n) is 8.90. The average molecular weight is 436 g/mol. The number of nitrogens with zero attached hydrogens (tertiary/aromatic N) is 6. The van der Waals surface area contributed by atoms with Crippen LogP contribution in [0.4, 0.5) is 5.69 Å². The van der Waals surface area contributed by atoms with E-state index in [1.807, 2.05) is 36.0 Å². The number of fused-ring (bicyclic) bond motifs is 5. The summed E-state index contributed by atoms with van der Waals surface area (Å²) in [6.45, 7) is 4.01. The Kier molecular flexibility index (Phi) is 4.74. The van der Waals surface area contributed by atoms with Crippen LogP contribution in [0.5, 0.6) is 0 Å². The molecule has 2 aromatic carbocycles. The molecule has 2 aliphatic rings. The van der Waals surface area contributed by atoms with Crippen LogP contribution in [-0.2, 0) is 6.54 Å². The number of rotatable bonds is 4. The molecule has 1 atom stereocenters. The molecule has 1 saturated heterocycles. The number of hydrogen-bond donors (Lipinski definition) is 1. The molecule has 0 saturated carbocycles. The minimum Gasteiger partial charge on any atom is -0.371 e. The van der Waals surface area contributed by atoms with Crippen LogP contribution in [0.2, 0.25) is 0 Å². The lowest BCUT2D eigenvalue weighted by atomic mass is 10.1. The van der Waals surface area contributed by atoms with Gasteiger partial charge in [0, 0.05) is 37.1 Å². The van der Waals surface area contributed by atoms with Crippen LogP contribution in [0, 0.1) is 17.2 Å². The number of benzene rings is 2. The summed E-state index contributed by atoms with van der Waals surface area (Å²) < 4.78 is 4.21. The van der Waals surface area contributed by atoms with Crippen LogP contribution in [-0.4, -0.2) is 46.0 Å². The topological polar surface area (TPSA) is 74.7 Å². The quantitative estimate of drug-likeness (QED) is 0.466. The van der Waals surface area contributed by atoms with Crippen molar-refractivity contribution < 1.29 is 0 Å². The van der Waals surface area contributed by atoms with Crippen LogP contribution < -0.4 is 10.2 Å². The Bertz CT molecular complexity index is 1360. The lowest BCUT2D eigenvalue weighted by molar-refractivity contribution is 0.549. The number of hydrogen-bond acceptors (Lipinski definition) is 5. The molecule has 7 nitrogen and oxygen atoms in total. The van der Waals surface area contributed by atoms with Crippen molar-refractivity contribution in [3.8, 4) is 34.4 Å². The maximum atomic E-state index is 9.11. The second-order valence-corrected chi connectivity index (χ2v) is 8.90. The first-order chi connectivity index (χ1) is 16.2. The van der Waals surface area contributed by atoms with Gasteiger partial charge >= 0.3 is 0 Å². The molecule has 0 amide bonds. The molecule has 2 aromatic heterocycles. The van der Waals surface area contributed by atoms with Crippen molar-refractivity contribution >= 4 is 5.69 Å². The summed E-state index contributed by atoms with van der Waals surface area (Å²) in [7, 11) is 2.03. The summed E-state index contributed by atoms with van der Waals surface area (Å²) >= 11 is 0. The van der Waals surface area contributed by atoms with Gasteiger partial charge < -0.3 is 14.8 Å². The van der Waals surface area contributed by atoms with E-state index in [0.717, 1.165) is 54.5 Å². The van der Waals surface area contributed by atoms with Crippen molar-refractivity contribution in [3.63, 3.8) is 0 Å². The van der Waals surface area contributed by atoms with E-state index in [9.17, 15) is 0 Å². The first-order valence-corrected chi connectivity index (χ1v) is 11.4. The Morgan fingerprint density at radius 1 is 1.12 bits per heavy atom. The predicted molar refractivity (Wildman–Crippen MR) is 128 cm³/mol. The standard InChI is InChI=1S/C26H25N7/c1-28-13-19-8-9-31(14-19)23-6-7-24-22(10-23)16-32-15-21(20-4-2-18(12-27)3-5-20)11-25(32)26-29-17-30-33(24)26/h2-7,10-11,15,17,19,28H,8-9,13-14,16H2,1H3/t19-/m0/s1. The molecule has 0 unspecified atom stereocenters. The zero-order valence-electron chi connectivity index (χ0n) is 18.6. The molecule has 1 fully saturated rings. The molecule has 7 heteroatoms. The maximum absolute atomic E-state index is 9.11. The van der Waals surface area contributed by atoms with Gasteiger partial charge in [0.1, 0.15) is 6.33 Å². The van der Waals surface area contributed by atoms with Gasteiger partial charge in [-0.1, -0.05) is 12.1 Å². The van der Waals surface area contributed by atoms with Gasteiger partial charge in [0.15, 0.2) is 5.82 Å². The second kappa shape index (κ2) is 7.91. The van der Waals surface area contributed by atoms with E-state index in [4.69, 9.17) is 5.26 Å². The van der Waals surface area contributed by atoms with Crippen molar-refractivity contribution in [2.45, 2.75) is 13.0 Å². The van der Waals surface area contributed by atoms with E-state index >= 15 is 0 Å². The van der Waals surface area contributed by atoms with Crippen molar-refractivity contribution in [2.75, 3.05) is 31.6 Å². The summed E-state index contributed by atoms with van der Waals surface area (Å²) in [4.78, 5) is 7.09. The van der Waals surface area contributed by atoms with Gasteiger partial charge in [-0.15, -0.1) is 0 Å². The minimum atomic E-state index is 0.666. The molecule has 6 rings (SSSR count). The smallest absolute Gasteiger partial charge is 0.179 e. The molecular weight excluding hydrogens is 410 g/mol. The van der Waals surface area contributed by atoms with Gasteiger partial charge in [-0.2, -0.15) is 10.4 Å². The van der Waals surface area contributed by atoms with Gasteiger partial charge in [-0.25, -0.2) is 9.67 Å². The highest BCUT2D eigenvalue weighted by molar-refractivity contribution is 5.72. The SMILES string of the molecule is CNC[C@@H]1CCN(c2ccc3c(c2)Cn2cc(-c4ccc(C#N)cc4)cc2-c2ncnn2-3)C1. The van der Waals surface area contributed by atoms with E-state index in [1.165, 1.54) is 17.7 Å². The van der Waals surface area contributed by atoms with Gasteiger partial charge in [-0.05, 0) is 73.5 Å². The largest absolute Gasteiger partial charge is 0.371 e. The summed E-state index contributed by atoms with van der Waals surface area (Å²) in [5.74, 6) is 1.54. The fourth-order valence-electron chi connectivity index (χ4n) is 5.12. The van der Waals surface area contributed by atoms with E-state index in [2.05, 4.69) is 61.4 Å². The number of aromatic nitrogens is 4. The molecular formula is C26H25N7. The van der Waals surface area contributed by atoms with Gasteiger partial charge in [0.2, 0.25) is 0 Å². The number of nitrogens with one attached hydrogen (secondary N) is 1. The fourth-order valence-corrected chi connectivity index (χ4v) is 5.12. The normalized spacial score (nSPS) is 16.6. The van der Waals surface area contributed by atoms with E-state index in [1.54, 1.807) is 6.33 Å². The number of nitriles is 1. The zero-order chi connectivity index (χ0) is 22.4. The summed E-state index contributed by atoms with van der Waals surface area (Å²) in [6.07, 6.45) is 5.02. The van der Waals surface area contributed by atoms with Crippen LogP contribution >= 0.6 is 0 Å². The molecule has 33 heavy (non-hydrogen) atoms.